The molecule has 1 aromatic heterocycles. The van der Waals surface area contributed by atoms with Crippen molar-refractivity contribution < 1.29 is 29.1 Å². The number of fused-ring (bicyclic) bond motifs is 1. The van der Waals surface area contributed by atoms with E-state index in [4.69, 9.17) is 11.5 Å². The number of thiol groups is 1. The Kier molecular flexibility index (Phi) is 11.6. The first-order valence-corrected chi connectivity index (χ1v) is 12.9. The van der Waals surface area contributed by atoms with E-state index in [-0.39, 0.29) is 37.4 Å². The Balaban J connectivity index is 2.13. The molecular weight excluding hydrogens is 512 g/mol. The summed E-state index contributed by atoms with van der Waals surface area (Å²) in [7, 11) is 0. The number of carboxylic acids is 1. The lowest BCUT2D eigenvalue weighted by Gasteiger charge is -2.25. The minimum absolute atomic E-state index is 0.00522. The number of aromatic nitrogens is 1. The van der Waals surface area contributed by atoms with E-state index in [1.807, 2.05) is 38.1 Å². The number of nitrogens with two attached hydrogens (primary N) is 2. The highest BCUT2D eigenvalue weighted by Gasteiger charge is 2.30. The van der Waals surface area contributed by atoms with E-state index in [0.717, 1.165) is 16.5 Å². The number of amides is 4. The van der Waals surface area contributed by atoms with Crippen LogP contribution in [0.5, 0.6) is 0 Å². The number of nitrogens with one attached hydrogen (secondary N) is 4. The summed E-state index contributed by atoms with van der Waals surface area (Å²) < 4.78 is 0. The summed E-state index contributed by atoms with van der Waals surface area (Å²) in [5.41, 5.74) is 13.1. The van der Waals surface area contributed by atoms with E-state index in [2.05, 4.69) is 33.6 Å². The van der Waals surface area contributed by atoms with Crippen molar-refractivity contribution in [1.82, 2.24) is 20.9 Å². The average molecular weight is 549 g/mol. The Morgan fingerprint density at radius 2 is 1.58 bits per heavy atom. The molecule has 4 atom stereocenters. The number of aliphatic carboxylic acids is 1. The maximum absolute atomic E-state index is 13.2. The van der Waals surface area contributed by atoms with Gasteiger partial charge in [0.2, 0.25) is 23.6 Å². The number of carbonyl (C=O) groups is 5. The van der Waals surface area contributed by atoms with Crippen LogP contribution in [0, 0.1) is 5.92 Å². The summed E-state index contributed by atoms with van der Waals surface area (Å²) in [6, 6.07) is 3.07. The Bertz CT molecular complexity index is 1150. The summed E-state index contributed by atoms with van der Waals surface area (Å²) >= 11 is 3.91. The van der Waals surface area contributed by atoms with Gasteiger partial charge in [0.15, 0.2) is 0 Å². The van der Waals surface area contributed by atoms with Crippen LogP contribution in [0.15, 0.2) is 30.5 Å². The van der Waals surface area contributed by atoms with Crippen LogP contribution in [0.25, 0.3) is 10.9 Å². The van der Waals surface area contributed by atoms with Gasteiger partial charge in [-0.05, 0) is 36.8 Å². The van der Waals surface area contributed by atoms with Crippen LogP contribution in [0.2, 0.25) is 0 Å². The maximum Gasteiger partial charge on any atom is 0.327 e. The van der Waals surface area contributed by atoms with E-state index in [9.17, 15) is 29.1 Å². The second kappa shape index (κ2) is 14.4. The second-order valence-corrected chi connectivity index (χ2v) is 9.87. The first-order valence-electron chi connectivity index (χ1n) is 12.3. The molecule has 0 fully saturated rings. The summed E-state index contributed by atoms with van der Waals surface area (Å²) in [6.45, 7) is 3.72. The Labute approximate surface area is 226 Å². The van der Waals surface area contributed by atoms with Crippen molar-refractivity contribution in [3.05, 3.63) is 36.0 Å². The smallest absolute Gasteiger partial charge is 0.327 e. The molecule has 0 aliphatic carbocycles. The SMILES string of the molecule is CC(C)C[C@H](NC(=O)[C@@H](N)Cc1c[nH]c2ccccc12)C(=O)N[C@@H](CCC(N)=O)C(=O)N[C@@H](CS)C(=O)O. The van der Waals surface area contributed by atoms with Gasteiger partial charge in [-0.2, -0.15) is 12.6 Å². The average Bonchev–Trinajstić information content (AvgIpc) is 3.26. The van der Waals surface area contributed by atoms with E-state index in [1.54, 1.807) is 6.20 Å². The first kappa shape index (κ1) is 30.6. The quantitative estimate of drug-likeness (QED) is 0.141. The third-order valence-corrected chi connectivity index (χ3v) is 6.27. The summed E-state index contributed by atoms with van der Waals surface area (Å²) in [5.74, 6) is -4.22. The van der Waals surface area contributed by atoms with Gasteiger partial charge in [0.05, 0.1) is 6.04 Å². The van der Waals surface area contributed by atoms with E-state index < -0.39 is 53.8 Å². The van der Waals surface area contributed by atoms with Gasteiger partial charge < -0.3 is 37.5 Å². The minimum atomic E-state index is -1.30. The molecule has 0 saturated carbocycles. The number of carboxylic acid groups (broad SMARTS) is 1. The number of hydrogen-bond donors (Lipinski definition) is 8. The number of primary amides is 1. The van der Waals surface area contributed by atoms with Gasteiger partial charge in [-0.3, -0.25) is 19.2 Å². The van der Waals surface area contributed by atoms with Crippen LogP contribution < -0.4 is 27.4 Å². The van der Waals surface area contributed by atoms with Crippen molar-refractivity contribution in [3.8, 4) is 0 Å². The van der Waals surface area contributed by atoms with Crippen molar-refractivity contribution >= 4 is 53.1 Å². The van der Waals surface area contributed by atoms with Gasteiger partial charge in [0.25, 0.3) is 0 Å². The van der Waals surface area contributed by atoms with E-state index in [1.165, 1.54) is 0 Å². The fraction of sp³-hybridized carbons (Fsp3) is 0.480. The lowest BCUT2D eigenvalue weighted by atomic mass is 10.0. The van der Waals surface area contributed by atoms with Gasteiger partial charge in [-0.25, -0.2) is 4.79 Å². The third-order valence-electron chi connectivity index (χ3n) is 5.90. The predicted octanol–water partition coefficient (Wildman–Crippen LogP) is -0.182. The molecule has 0 saturated heterocycles. The van der Waals surface area contributed by atoms with Crippen LogP contribution >= 0.6 is 12.6 Å². The topological polar surface area (TPSA) is 209 Å². The molecule has 0 unspecified atom stereocenters. The molecule has 1 heterocycles. The molecule has 13 heteroatoms. The van der Waals surface area contributed by atoms with Crippen molar-refractivity contribution in [2.24, 2.45) is 17.4 Å². The van der Waals surface area contributed by atoms with Gasteiger partial charge >= 0.3 is 5.97 Å². The molecule has 12 nitrogen and oxygen atoms in total. The van der Waals surface area contributed by atoms with E-state index >= 15 is 0 Å². The molecule has 2 rings (SSSR count). The van der Waals surface area contributed by atoms with Crippen molar-refractivity contribution in [3.63, 3.8) is 0 Å². The fourth-order valence-electron chi connectivity index (χ4n) is 3.90. The summed E-state index contributed by atoms with van der Waals surface area (Å²) in [4.78, 5) is 64.6. The maximum atomic E-state index is 13.2. The number of hydrogen-bond acceptors (Lipinski definition) is 7. The molecule has 0 spiro atoms. The van der Waals surface area contributed by atoms with Crippen molar-refractivity contribution in [2.45, 2.75) is 63.7 Å². The monoisotopic (exact) mass is 548 g/mol. The number of benzene rings is 1. The highest BCUT2D eigenvalue weighted by Crippen LogP contribution is 2.19. The molecule has 9 N–H and O–H groups in total. The Morgan fingerprint density at radius 3 is 2.18 bits per heavy atom. The third kappa shape index (κ3) is 9.06. The zero-order chi connectivity index (χ0) is 28.4. The second-order valence-electron chi connectivity index (χ2n) is 9.51. The predicted molar refractivity (Wildman–Crippen MR) is 145 cm³/mol. The molecule has 208 valence electrons. The zero-order valence-electron chi connectivity index (χ0n) is 21.4. The minimum Gasteiger partial charge on any atom is -0.480 e. The van der Waals surface area contributed by atoms with E-state index in [0.29, 0.717) is 0 Å². The number of aromatic amines is 1. The number of carbonyl (C=O) groups excluding carboxylic acids is 4. The van der Waals surface area contributed by atoms with Crippen LogP contribution in [0.4, 0.5) is 0 Å². The number of H-pyrrole nitrogens is 1. The largest absolute Gasteiger partial charge is 0.480 e. The van der Waals surface area contributed by atoms with Crippen molar-refractivity contribution in [2.75, 3.05) is 5.75 Å². The lowest BCUT2D eigenvalue weighted by Crippen LogP contribution is -2.57. The molecular formula is C25H36N6O6S. The normalized spacial score (nSPS) is 14.3. The summed E-state index contributed by atoms with van der Waals surface area (Å²) in [5, 5.41) is 17.6. The molecule has 2 aromatic rings. The first-order chi connectivity index (χ1) is 17.9. The number of rotatable bonds is 15. The number of para-hydroxylation sites is 1. The fourth-order valence-corrected chi connectivity index (χ4v) is 4.14. The van der Waals surface area contributed by atoms with Crippen LogP contribution in [-0.2, 0) is 30.4 Å². The van der Waals surface area contributed by atoms with Crippen LogP contribution in [-0.4, -0.2) is 69.6 Å². The highest BCUT2D eigenvalue weighted by atomic mass is 32.1. The van der Waals surface area contributed by atoms with Gasteiger partial charge in [-0.1, -0.05) is 32.0 Å². The standard InChI is InChI=1S/C25H36N6O6S/c1-13(2)9-19(30-22(33)16(26)10-14-11-28-17-6-4-3-5-15(14)17)24(35)29-18(7-8-21(27)32)23(34)31-20(12-38)25(36)37/h3-6,11,13,16,18-20,28,38H,7-10,12,26H2,1-2H3,(H2,27,32)(H,29,35)(H,30,33)(H,31,34)(H,36,37)/t16-,18-,19-,20-/m0/s1. The van der Waals surface area contributed by atoms with Crippen LogP contribution in [0.1, 0.15) is 38.7 Å². The van der Waals surface area contributed by atoms with Gasteiger partial charge in [0, 0.05) is 29.3 Å². The molecule has 1 aromatic carbocycles. The molecule has 0 aliphatic rings. The van der Waals surface area contributed by atoms with Gasteiger partial charge in [-0.15, -0.1) is 0 Å². The Morgan fingerprint density at radius 1 is 0.974 bits per heavy atom. The van der Waals surface area contributed by atoms with Gasteiger partial charge in [0.1, 0.15) is 18.1 Å². The highest BCUT2D eigenvalue weighted by molar-refractivity contribution is 7.80. The lowest BCUT2D eigenvalue weighted by molar-refractivity contribution is -0.141. The molecule has 0 aliphatic heterocycles. The molecule has 0 bridgehead atoms. The zero-order valence-corrected chi connectivity index (χ0v) is 22.3. The summed E-state index contributed by atoms with van der Waals surface area (Å²) in [6.07, 6.45) is 1.88. The Hall–Kier alpha value is -3.58. The molecule has 0 radical (unpaired) electrons. The molecule has 4 amide bonds. The molecule has 38 heavy (non-hydrogen) atoms. The van der Waals surface area contributed by atoms with Crippen molar-refractivity contribution in [1.29, 1.82) is 0 Å². The van der Waals surface area contributed by atoms with Crippen LogP contribution in [0.3, 0.4) is 0 Å².